The quantitative estimate of drug-likeness (QED) is 0.732. The Hall–Kier alpha value is -1.27. The number of aliphatic carboxylic acids is 1. The molecule has 1 amide bonds. The minimum atomic E-state index is -5.06. The van der Waals surface area contributed by atoms with E-state index in [1.165, 1.54) is 12.2 Å². The fourth-order valence-corrected chi connectivity index (χ4v) is 0.615. The third-order valence-corrected chi connectivity index (χ3v) is 1.83. The molecule has 2 N–H and O–H groups in total. The van der Waals surface area contributed by atoms with E-state index in [1.807, 2.05) is 0 Å². The van der Waals surface area contributed by atoms with Crippen LogP contribution in [0.3, 0.4) is 0 Å². The Morgan fingerprint density at radius 2 is 1.79 bits per heavy atom. The van der Waals surface area contributed by atoms with Crippen molar-refractivity contribution in [2.24, 2.45) is 0 Å². The molecule has 0 rings (SSSR count). The van der Waals surface area contributed by atoms with Crippen molar-refractivity contribution >= 4 is 11.9 Å². The topological polar surface area (TPSA) is 66.4 Å². The van der Waals surface area contributed by atoms with Gasteiger partial charge in [0.2, 0.25) is 0 Å². The van der Waals surface area contributed by atoms with Gasteiger partial charge in [-0.3, -0.25) is 4.79 Å². The van der Waals surface area contributed by atoms with Crippen LogP contribution in [0.4, 0.5) is 13.2 Å². The van der Waals surface area contributed by atoms with Crippen molar-refractivity contribution in [3.63, 3.8) is 0 Å². The monoisotopic (exact) mass is 213 g/mol. The number of hydrogen-bond acceptors (Lipinski definition) is 2. The number of rotatable bonds is 3. The minimum Gasteiger partial charge on any atom is -0.480 e. The fraction of sp³-hybridized carbons (Fsp3) is 0.714. The molecule has 0 bridgehead atoms. The zero-order valence-corrected chi connectivity index (χ0v) is 7.60. The molecule has 0 aromatic heterocycles. The van der Waals surface area contributed by atoms with E-state index >= 15 is 0 Å². The lowest BCUT2D eigenvalue weighted by atomic mass is 9.99. The van der Waals surface area contributed by atoms with Crippen LogP contribution in [0.25, 0.3) is 0 Å². The first-order chi connectivity index (χ1) is 6.13. The highest BCUT2D eigenvalue weighted by atomic mass is 19.4. The number of alkyl halides is 3. The Kier molecular flexibility index (Phi) is 3.50. The smallest absolute Gasteiger partial charge is 0.471 e. The highest BCUT2D eigenvalue weighted by molar-refractivity contribution is 5.89. The predicted octanol–water partition coefficient (Wildman–Crippen LogP) is 0.918. The molecule has 14 heavy (non-hydrogen) atoms. The molecule has 0 aromatic carbocycles. The molecule has 0 aromatic rings. The molecule has 0 saturated carbocycles. The second kappa shape index (κ2) is 3.85. The average Bonchev–Trinajstić information content (AvgIpc) is 2.02. The van der Waals surface area contributed by atoms with E-state index in [2.05, 4.69) is 0 Å². The maximum absolute atomic E-state index is 11.8. The highest BCUT2D eigenvalue weighted by Crippen LogP contribution is 2.18. The summed E-state index contributed by atoms with van der Waals surface area (Å²) in [5.41, 5.74) is -1.88. The molecule has 0 spiro atoms. The SMILES string of the molecule is CC[C@@](C)(NC(=O)C(F)(F)F)C(=O)O. The lowest BCUT2D eigenvalue weighted by molar-refractivity contribution is -0.177. The number of carbonyl (C=O) groups excluding carboxylic acids is 1. The number of carboxylic acids is 1. The highest BCUT2D eigenvalue weighted by Gasteiger charge is 2.44. The second-order valence-corrected chi connectivity index (χ2v) is 2.94. The van der Waals surface area contributed by atoms with E-state index in [0.717, 1.165) is 6.92 Å². The van der Waals surface area contributed by atoms with Crippen LogP contribution in [-0.2, 0) is 9.59 Å². The van der Waals surface area contributed by atoms with Crippen molar-refractivity contribution in [1.29, 1.82) is 0 Å². The molecule has 0 saturated heterocycles. The first-order valence-corrected chi connectivity index (χ1v) is 3.76. The molecule has 0 heterocycles. The van der Waals surface area contributed by atoms with Crippen LogP contribution in [0.5, 0.6) is 0 Å². The summed E-state index contributed by atoms with van der Waals surface area (Å²) < 4.78 is 35.3. The Morgan fingerprint density at radius 1 is 1.36 bits per heavy atom. The first-order valence-electron chi connectivity index (χ1n) is 3.76. The molecule has 7 heteroatoms. The summed E-state index contributed by atoms with van der Waals surface area (Å²) >= 11 is 0. The summed E-state index contributed by atoms with van der Waals surface area (Å²) in [6, 6.07) is 0. The number of amides is 1. The Morgan fingerprint density at radius 3 is 2.00 bits per heavy atom. The van der Waals surface area contributed by atoms with E-state index in [4.69, 9.17) is 5.11 Å². The average molecular weight is 213 g/mol. The van der Waals surface area contributed by atoms with Crippen molar-refractivity contribution in [1.82, 2.24) is 5.32 Å². The van der Waals surface area contributed by atoms with Crippen LogP contribution >= 0.6 is 0 Å². The molecule has 0 aliphatic heterocycles. The molecule has 82 valence electrons. The second-order valence-electron chi connectivity index (χ2n) is 2.94. The van der Waals surface area contributed by atoms with Gasteiger partial charge >= 0.3 is 18.1 Å². The van der Waals surface area contributed by atoms with E-state index < -0.39 is 23.6 Å². The molecule has 0 aliphatic carbocycles. The van der Waals surface area contributed by atoms with E-state index in [0.29, 0.717) is 0 Å². The molecular formula is C7H10F3NO3. The minimum absolute atomic E-state index is 0.135. The normalized spacial score (nSPS) is 15.8. The summed E-state index contributed by atoms with van der Waals surface area (Å²) in [4.78, 5) is 21.0. The summed E-state index contributed by atoms with van der Waals surface area (Å²) in [6.45, 7) is 2.38. The van der Waals surface area contributed by atoms with Crippen LogP contribution in [-0.4, -0.2) is 28.7 Å². The standard InChI is InChI=1S/C7H10F3NO3/c1-3-6(2,5(13)14)11-4(12)7(8,9)10/h3H2,1-2H3,(H,11,12)(H,13,14)/t6-/m1/s1. The molecule has 0 radical (unpaired) electrons. The van der Waals surface area contributed by atoms with Crippen LogP contribution in [0.15, 0.2) is 0 Å². The molecule has 1 atom stereocenters. The van der Waals surface area contributed by atoms with Gasteiger partial charge in [0.15, 0.2) is 0 Å². The van der Waals surface area contributed by atoms with Crippen LogP contribution in [0.2, 0.25) is 0 Å². The molecule has 0 unspecified atom stereocenters. The van der Waals surface area contributed by atoms with Crippen LogP contribution in [0.1, 0.15) is 20.3 Å². The van der Waals surface area contributed by atoms with E-state index in [9.17, 15) is 22.8 Å². The van der Waals surface area contributed by atoms with Crippen molar-refractivity contribution < 1.29 is 27.9 Å². The largest absolute Gasteiger partial charge is 0.480 e. The van der Waals surface area contributed by atoms with Gasteiger partial charge in [0, 0.05) is 0 Å². The summed E-state index contributed by atoms with van der Waals surface area (Å²) in [6.07, 6.45) is -5.20. The van der Waals surface area contributed by atoms with Crippen molar-refractivity contribution in [3.05, 3.63) is 0 Å². The van der Waals surface area contributed by atoms with E-state index in [1.54, 1.807) is 0 Å². The Balaban J connectivity index is 4.65. The zero-order valence-electron chi connectivity index (χ0n) is 7.60. The summed E-state index contributed by atoms with van der Waals surface area (Å²) in [7, 11) is 0. The fourth-order valence-electron chi connectivity index (χ4n) is 0.615. The van der Waals surface area contributed by atoms with Crippen LogP contribution < -0.4 is 5.32 Å². The van der Waals surface area contributed by atoms with Gasteiger partial charge in [0.1, 0.15) is 5.54 Å². The number of carbonyl (C=O) groups is 2. The maximum Gasteiger partial charge on any atom is 0.471 e. The molecule has 4 nitrogen and oxygen atoms in total. The van der Waals surface area contributed by atoms with Crippen molar-refractivity contribution in [3.8, 4) is 0 Å². The molecular weight excluding hydrogens is 203 g/mol. The van der Waals surface area contributed by atoms with Gasteiger partial charge in [-0.25, -0.2) is 4.79 Å². The number of hydrogen-bond donors (Lipinski definition) is 2. The van der Waals surface area contributed by atoms with Crippen molar-refractivity contribution in [2.75, 3.05) is 0 Å². The Bertz CT molecular complexity index is 251. The van der Waals surface area contributed by atoms with Gasteiger partial charge in [-0.05, 0) is 13.3 Å². The van der Waals surface area contributed by atoms with Gasteiger partial charge in [-0.15, -0.1) is 0 Å². The van der Waals surface area contributed by atoms with E-state index in [-0.39, 0.29) is 6.42 Å². The Labute approximate surface area is 78.1 Å². The lowest BCUT2D eigenvalue weighted by Gasteiger charge is -2.24. The lowest BCUT2D eigenvalue weighted by Crippen LogP contribution is -2.55. The third kappa shape index (κ3) is 2.90. The van der Waals surface area contributed by atoms with Gasteiger partial charge in [0.25, 0.3) is 0 Å². The molecule has 0 aliphatic rings. The zero-order chi connectivity index (χ0) is 11.6. The van der Waals surface area contributed by atoms with Gasteiger partial charge in [-0.2, -0.15) is 13.2 Å². The predicted molar refractivity (Wildman–Crippen MR) is 40.5 cm³/mol. The maximum atomic E-state index is 11.8. The first kappa shape index (κ1) is 12.7. The van der Waals surface area contributed by atoms with Gasteiger partial charge in [-0.1, -0.05) is 6.92 Å². The number of carboxylic acid groups (broad SMARTS) is 1. The summed E-state index contributed by atoms with van der Waals surface area (Å²) in [5.74, 6) is -3.75. The summed E-state index contributed by atoms with van der Waals surface area (Å²) in [5, 5.41) is 9.98. The third-order valence-electron chi connectivity index (χ3n) is 1.83. The van der Waals surface area contributed by atoms with Crippen molar-refractivity contribution in [2.45, 2.75) is 32.0 Å². The van der Waals surface area contributed by atoms with Gasteiger partial charge < -0.3 is 10.4 Å². The van der Waals surface area contributed by atoms with Crippen LogP contribution in [0, 0.1) is 0 Å². The molecule has 0 fully saturated rings. The number of nitrogens with one attached hydrogen (secondary N) is 1. The number of halogens is 3. The van der Waals surface area contributed by atoms with Gasteiger partial charge in [0.05, 0.1) is 0 Å².